The maximum Gasteiger partial charge on any atom is 0.161 e. The summed E-state index contributed by atoms with van der Waals surface area (Å²) in [5.74, 6) is 1.41. The molecule has 0 amide bonds. The Kier molecular flexibility index (Phi) is 5.89. The minimum absolute atomic E-state index is 0.461. The highest BCUT2D eigenvalue weighted by Gasteiger charge is 2.05. The van der Waals surface area contributed by atoms with E-state index >= 15 is 0 Å². The van der Waals surface area contributed by atoms with Crippen LogP contribution in [-0.2, 0) is 11.3 Å². The van der Waals surface area contributed by atoms with Crippen molar-refractivity contribution in [2.45, 2.75) is 6.61 Å². The monoisotopic (exact) mass is 234 g/mol. The summed E-state index contributed by atoms with van der Waals surface area (Å²) in [6, 6.07) is 5.72. The van der Waals surface area contributed by atoms with Crippen molar-refractivity contribution in [1.82, 2.24) is 0 Å². The van der Waals surface area contributed by atoms with Crippen molar-refractivity contribution >= 4 is 0 Å². The summed E-state index contributed by atoms with van der Waals surface area (Å²) in [7, 11) is 1.62. The average molecular weight is 234 g/mol. The van der Waals surface area contributed by atoms with Gasteiger partial charge in [0.15, 0.2) is 11.5 Å². The van der Waals surface area contributed by atoms with Crippen molar-refractivity contribution in [2.24, 2.45) is 0 Å². The predicted octanol–water partition coefficient (Wildman–Crippen LogP) is 2.96. The second-order valence-electron chi connectivity index (χ2n) is 3.39. The summed E-state index contributed by atoms with van der Waals surface area (Å²) < 4.78 is 16.1. The van der Waals surface area contributed by atoms with E-state index in [9.17, 15) is 0 Å². The van der Waals surface area contributed by atoms with Crippen LogP contribution in [0.4, 0.5) is 0 Å². The zero-order valence-electron chi connectivity index (χ0n) is 10.1. The van der Waals surface area contributed by atoms with Crippen molar-refractivity contribution in [3.8, 4) is 11.5 Å². The molecule has 1 aromatic carbocycles. The fourth-order valence-corrected chi connectivity index (χ4v) is 1.33. The van der Waals surface area contributed by atoms with Gasteiger partial charge >= 0.3 is 0 Å². The van der Waals surface area contributed by atoms with Crippen molar-refractivity contribution in [1.29, 1.82) is 0 Å². The van der Waals surface area contributed by atoms with E-state index in [4.69, 9.17) is 14.2 Å². The lowest BCUT2D eigenvalue weighted by atomic mass is 10.2. The Labute approximate surface area is 102 Å². The third-order valence-electron chi connectivity index (χ3n) is 2.09. The second kappa shape index (κ2) is 7.52. The Morgan fingerprint density at radius 3 is 2.53 bits per heavy atom. The zero-order valence-corrected chi connectivity index (χ0v) is 10.1. The first-order chi connectivity index (χ1) is 8.31. The Bertz CT molecular complexity index is 372. The number of hydrogen-bond donors (Lipinski definition) is 0. The van der Waals surface area contributed by atoms with Crippen LogP contribution in [0.15, 0.2) is 43.5 Å². The van der Waals surface area contributed by atoms with Gasteiger partial charge in [0.1, 0.15) is 6.61 Å². The summed E-state index contributed by atoms with van der Waals surface area (Å²) in [5, 5.41) is 0. The van der Waals surface area contributed by atoms with Gasteiger partial charge in [-0.3, -0.25) is 0 Å². The van der Waals surface area contributed by atoms with Crippen LogP contribution in [0.3, 0.4) is 0 Å². The maximum atomic E-state index is 5.46. The molecule has 0 fully saturated rings. The number of methoxy groups -OCH3 is 1. The van der Waals surface area contributed by atoms with Gasteiger partial charge in [-0.1, -0.05) is 24.8 Å². The molecule has 0 bridgehead atoms. The fraction of sp³-hybridized carbons (Fsp3) is 0.286. The van der Waals surface area contributed by atoms with Crippen LogP contribution in [-0.4, -0.2) is 20.3 Å². The van der Waals surface area contributed by atoms with Crippen molar-refractivity contribution in [3.05, 3.63) is 49.1 Å². The van der Waals surface area contributed by atoms with Crippen LogP contribution >= 0.6 is 0 Å². The Morgan fingerprint density at radius 2 is 1.88 bits per heavy atom. The second-order valence-corrected chi connectivity index (χ2v) is 3.39. The molecule has 1 aromatic rings. The van der Waals surface area contributed by atoms with Crippen LogP contribution in [0.5, 0.6) is 11.5 Å². The van der Waals surface area contributed by atoms with Gasteiger partial charge in [0, 0.05) is 0 Å². The molecule has 0 N–H and O–H groups in total. The summed E-state index contributed by atoms with van der Waals surface area (Å²) in [6.07, 6.45) is 3.42. The highest BCUT2D eigenvalue weighted by Crippen LogP contribution is 2.28. The van der Waals surface area contributed by atoms with E-state index in [1.807, 2.05) is 18.2 Å². The number of hydrogen-bond acceptors (Lipinski definition) is 3. The molecule has 0 atom stereocenters. The van der Waals surface area contributed by atoms with E-state index in [0.717, 1.165) is 5.56 Å². The molecule has 0 heterocycles. The normalized spacial score (nSPS) is 9.71. The van der Waals surface area contributed by atoms with Crippen LogP contribution in [0.1, 0.15) is 5.56 Å². The smallest absolute Gasteiger partial charge is 0.161 e. The third-order valence-corrected chi connectivity index (χ3v) is 2.09. The molecule has 1 rings (SSSR count). The van der Waals surface area contributed by atoms with Gasteiger partial charge in [-0.05, 0) is 17.7 Å². The highest BCUT2D eigenvalue weighted by atomic mass is 16.5. The number of benzene rings is 1. The molecule has 0 aromatic heterocycles. The largest absolute Gasteiger partial charge is 0.493 e. The van der Waals surface area contributed by atoms with E-state index in [1.54, 1.807) is 19.3 Å². The molecular weight excluding hydrogens is 216 g/mol. The van der Waals surface area contributed by atoms with Gasteiger partial charge in [-0.25, -0.2) is 0 Å². The summed E-state index contributed by atoms with van der Waals surface area (Å²) in [5.41, 5.74) is 1.04. The van der Waals surface area contributed by atoms with Crippen molar-refractivity contribution < 1.29 is 14.2 Å². The van der Waals surface area contributed by atoms with Gasteiger partial charge in [0.05, 0.1) is 20.3 Å². The molecule has 3 nitrogen and oxygen atoms in total. The Balaban J connectivity index is 2.69. The topological polar surface area (TPSA) is 27.7 Å². The lowest BCUT2D eigenvalue weighted by Gasteiger charge is -2.11. The van der Waals surface area contributed by atoms with E-state index in [2.05, 4.69) is 13.2 Å². The Hall–Kier alpha value is -1.74. The molecule has 17 heavy (non-hydrogen) atoms. The lowest BCUT2D eigenvalue weighted by Crippen LogP contribution is -1.98. The molecule has 0 aliphatic carbocycles. The van der Waals surface area contributed by atoms with Crippen LogP contribution < -0.4 is 9.47 Å². The van der Waals surface area contributed by atoms with Crippen LogP contribution in [0.2, 0.25) is 0 Å². The Morgan fingerprint density at radius 1 is 1.12 bits per heavy atom. The standard InChI is InChI=1S/C14H18O3/c1-4-8-16-11-12-6-7-13(17-9-5-2)14(10-12)15-3/h4-7,10H,1-2,8-9,11H2,3H3. The highest BCUT2D eigenvalue weighted by molar-refractivity contribution is 5.42. The third kappa shape index (κ3) is 4.33. The number of ether oxygens (including phenoxy) is 3. The summed E-state index contributed by atoms with van der Waals surface area (Å²) >= 11 is 0. The average Bonchev–Trinajstić information content (AvgIpc) is 2.37. The molecule has 0 aliphatic heterocycles. The van der Waals surface area contributed by atoms with Gasteiger partial charge in [-0.15, -0.1) is 6.58 Å². The maximum absolute atomic E-state index is 5.46. The molecular formula is C14H18O3. The molecule has 3 heteroatoms. The summed E-state index contributed by atoms with van der Waals surface area (Å²) in [4.78, 5) is 0. The minimum Gasteiger partial charge on any atom is -0.493 e. The van der Waals surface area contributed by atoms with Crippen LogP contribution in [0, 0.1) is 0 Å². The van der Waals surface area contributed by atoms with E-state index in [0.29, 0.717) is 31.3 Å². The van der Waals surface area contributed by atoms with Crippen molar-refractivity contribution in [2.75, 3.05) is 20.3 Å². The molecule has 0 aliphatic rings. The minimum atomic E-state index is 0.461. The first-order valence-corrected chi connectivity index (χ1v) is 5.41. The number of rotatable bonds is 8. The molecule has 0 spiro atoms. The fourth-order valence-electron chi connectivity index (χ4n) is 1.33. The quantitative estimate of drug-likeness (QED) is 0.511. The van der Waals surface area contributed by atoms with E-state index < -0.39 is 0 Å². The first-order valence-electron chi connectivity index (χ1n) is 5.41. The van der Waals surface area contributed by atoms with Gasteiger partial charge in [0.25, 0.3) is 0 Å². The van der Waals surface area contributed by atoms with Gasteiger partial charge in [-0.2, -0.15) is 0 Å². The summed E-state index contributed by atoms with van der Waals surface area (Å²) in [6.45, 7) is 8.73. The van der Waals surface area contributed by atoms with E-state index in [1.165, 1.54) is 0 Å². The van der Waals surface area contributed by atoms with Gasteiger partial charge < -0.3 is 14.2 Å². The zero-order chi connectivity index (χ0) is 12.5. The molecule has 0 unspecified atom stereocenters. The van der Waals surface area contributed by atoms with Gasteiger partial charge in [0.2, 0.25) is 0 Å². The lowest BCUT2D eigenvalue weighted by molar-refractivity contribution is 0.148. The molecule has 92 valence electrons. The van der Waals surface area contributed by atoms with E-state index in [-0.39, 0.29) is 0 Å². The molecule has 0 saturated heterocycles. The predicted molar refractivity (Wildman–Crippen MR) is 68.5 cm³/mol. The molecule has 0 saturated carbocycles. The molecule has 0 radical (unpaired) electrons. The van der Waals surface area contributed by atoms with Crippen LogP contribution in [0.25, 0.3) is 0 Å². The van der Waals surface area contributed by atoms with Crippen molar-refractivity contribution in [3.63, 3.8) is 0 Å². The first kappa shape index (κ1) is 13.3. The SMILES string of the molecule is C=CCOCc1ccc(OCC=C)c(OC)c1.